The second-order valence-corrected chi connectivity index (χ2v) is 12.5. The molecule has 0 bridgehead atoms. The van der Waals surface area contributed by atoms with Crippen LogP contribution in [0.15, 0.2) is 12.1 Å². The molecule has 1 aromatic carbocycles. The van der Waals surface area contributed by atoms with Crippen LogP contribution in [0.2, 0.25) is 0 Å². The second kappa shape index (κ2) is 8.41. The van der Waals surface area contributed by atoms with Gasteiger partial charge in [0.25, 0.3) is 10.2 Å². The van der Waals surface area contributed by atoms with E-state index in [2.05, 4.69) is 21.8 Å². The quantitative estimate of drug-likeness (QED) is 0.553. The van der Waals surface area contributed by atoms with Gasteiger partial charge in [0.15, 0.2) is 11.5 Å². The Bertz CT molecular complexity index is 1090. The van der Waals surface area contributed by atoms with Gasteiger partial charge in [-0.05, 0) is 61.3 Å². The molecule has 4 aliphatic heterocycles. The first-order valence-electron chi connectivity index (χ1n) is 11.1. The van der Waals surface area contributed by atoms with Crippen LogP contribution in [0.5, 0.6) is 11.5 Å². The van der Waals surface area contributed by atoms with E-state index in [0.717, 1.165) is 50.3 Å². The summed E-state index contributed by atoms with van der Waals surface area (Å²) in [7, 11) is -7.32. The van der Waals surface area contributed by atoms with E-state index in [-0.39, 0.29) is 37.6 Å². The molecular weight excluding hydrogens is 456 g/mol. The monoisotopic (exact) mass is 486 g/mol. The average molecular weight is 487 g/mol. The molecule has 2 saturated heterocycles. The minimum absolute atomic E-state index is 0.0109. The third kappa shape index (κ3) is 4.36. The minimum Gasteiger partial charge on any atom is -0.454 e. The molecule has 5 rings (SSSR count). The van der Waals surface area contributed by atoms with Crippen molar-refractivity contribution in [3.63, 3.8) is 0 Å². The van der Waals surface area contributed by atoms with Gasteiger partial charge in [0, 0.05) is 38.3 Å². The van der Waals surface area contributed by atoms with E-state index >= 15 is 0 Å². The van der Waals surface area contributed by atoms with Crippen LogP contribution in [0.1, 0.15) is 42.9 Å². The summed E-state index contributed by atoms with van der Waals surface area (Å²) in [5.74, 6) is 1.78. The van der Waals surface area contributed by atoms with Crippen molar-refractivity contribution in [3.05, 3.63) is 23.3 Å². The maximum Gasteiger partial charge on any atom is 0.274 e. The van der Waals surface area contributed by atoms with E-state index < -0.39 is 20.2 Å². The van der Waals surface area contributed by atoms with Gasteiger partial charge in [-0.2, -0.15) is 12.7 Å². The van der Waals surface area contributed by atoms with Crippen molar-refractivity contribution in [2.75, 3.05) is 38.7 Å². The van der Waals surface area contributed by atoms with E-state index in [4.69, 9.17) is 14.6 Å². The number of hydrogen-bond acceptors (Lipinski definition) is 7. The van der Waals surface area contributed by atoms with Gasteiger partial charge in [-0.25, -0.2) is 18.3 Å². The maximum absolute atomic E-state index is 13.2. The minimum atomic E-state index is -3.82. The van der Waals surface area contributed by atoms with Gasteiger partial charge in [0.05, 0.1) is 5.75 Å². The van der Waals surface area contributed by atoms with Crippen LogP contribution in [0, 0.1) is 5.92 Å². The number of nitrogens with one attached hydrogen (secondary N) is 1. The van der Waals surface area contributed by atoms with Gasteiger partial charge in [-0.15, -0.1) is 0 Å². The lowest BCUT2D eigenvalue weighted by Gasteiger charge is -2.51. The van der Waals surface area contributed by atoms with Crippen molar-refractivity contribution in [2.45, 2.75) is 44.2 Å². The fourth-order valence-corrected chi connectivity index (χ4v) is 7.98. The van der Waals surface area contributed by atoms with Gasteiger partial charge in [0.1, 0.15) is 0 Å². The fourth-order valence-electron chi connectivity index (χ4n) is 5.72. The van der Waals surface area contributed by atoms with Crippen LogP contribution in [0.25, 0.3) is 0 Å². The summed E-state index contributed by atoms with van der Waals surface area (Å²) in [6.07, 6.45) is 3.78. The standard InChI is InChI=1S/C20H30N4O6S2/c21-32(27,28)22-5-2-8-31(25,26)24-6-1-3-15-12-23-7-4-14-9-19-20(30-13-29-19)10-16(14)18(23)11-17(15)24/h9-10,15,17-18,22H,1-8,11-13H2,(H2,21,27,28)/t15-,17+,18+/m1/s1. The molecule has 0 spiro atoms. The molecule has 0 amide bonds. The van der Waals surface area contributed by atoms with Crippen LogP contribution in [0.4, 0.5) is 0 Å². The first-order chi connectivity index (χ1) is 15.2. The van der Waals surface area contributed by atoms with E-state index in [1.54, 1.807) is 4.31 Å². The predicted octanol–water partition coefficient (Wildman–Crippen LogP) is 0.312. The third-order valence-corrected chi connectivity index (χ3v) is 9.72. The topological polar surface area (TPSA) is 131 Å². The molecule has 4 aliphatic rings. The molecule has 32 heavy (non-hydrogen) atoms. The highest BCUT2D eigenvalue weighted by Crippen LogP contribution is 2.46. The highest BCUT2D eigenvalue weighted by molar-refractivity contribution is 7.89. The molecule has 0 aliphatic carbocycles. The molecule has 0 aromatic heterocycles. The molecule has 2 fully saturated rings. The highest BCUT2D eigenvalue weighted by Gasteiger charge is 2.46. The number of benzene rings is 1. The summed E-state index contributed by atoms with van der Waals surface area (Å²) in [5, 5.41) is 4.93. The predicted molar refractivity (Wildman–Crippen MR) is 118 cm³/mol. The smallest absolute Gasteiger partial charge is 0.274 e. The van der Waals surface area contributed by atoms with Crippen LogP contribution >= 0.6 is 0 Å². The first kappa shape index (κ1) is 22.4. The largest absolute Gasteiger partial charge is 0.454 e. The zero-order valence-corrected chi connectivity index (χ0v) is 19.5. The molecular formula is C20H30N4O6S2. The molecule has 4 heterocycles. The van der Waals surface area contributed by atoms with E-state index in [1.165, 1.54) is 11.1 Å². The van der Waals surface area contributed by atoms with E-state index in [0.29, 0.717) is 12.5 Å². The Morgan fingerprint density at radius 1 is 1.12 bits per heavy atom. The Labute approximate surface area is 189 Å². The molecule has 12 heteroatoms. The lowest BCUT2D eigenvalue weighted by atomic mass is 9.77. The summed E-state index contributed by atoms with van der Waals surface area (Å²) in [5.41, 5.74) is 2.48. The zero-order valence-electron chi connectivity index (χ0n) is 17.9. The third-order valence-electron chi connectivity index (χ3n) is 7.14. The van der Waals surface area contributed by atoms with Crippen molar-refractivity contribution in [1.29, 1.82) is 0 Å². The SMILES string of the molecule is NS(=O)(=O)NCCCS(=O)(=O)N1CCC[C@@H]2CN3CCc4cc5c(cc4[C@@H]3C[C@@H]21)OCO5. The van der Waals surface area contributed by atoms with Gasteiger partial charge >= 0.3 is 0 Å². The number of rotatable bonds is 6. The molecule has 3 atom stereocenters. The fraction of sp³-hybridized carbons (Fsp3) is 0.700. The lowest BCUT2D eigenvalue weighted by molar-refractivity contribution is 0.0219. The molecule has 0 radical (unpaired) electrons. The van der Waals surface area contributed by atoms with Crippen molar-refractivity contribution in [1.82, 2.24) is 13.9 Å². The van der Waals surface area contributed by atoms with Crippen LogP contribution in [-0.2, 0) is 26.7 Å². The molecule has 3 N–H and O–H groups in total. The van der Waals surface area contributed by atoms with E-state index in [1.807, 2.05) is 0 Å². The summed E-state index contributed by atoms with van der Waals surface area (Å²) >= 11 is 0. The number of hydrogen-bond donors (Lipinski definition) is 2. The van der Waals surface area contributed by atoms with Crippen molar-refractivity contribution < 1.29 is 26.3 Å². The Balaban J connectivity index is 1.34. The normalized spacial score (nSPS) is 28.1. The lowest BCUT2D eigenvalue weighted by Crippen LogP contribution is -2.57. The summed E-state index contributed by atoms with van der Waals surface area (Å²) in [4.78, 5) is 2.50. The van der Waals surface area contributed by atoms with E-state index in [9.17, 15) is 16.8 Å². The number of piperidine rings is 2. The van der Waals surface area contributed by atoms with Crippen LogP contribution < -0.4 is 19.3 Å². The maximum atomic E-state index is 13.2. The Kier molecular flexibility index (Phi) is 5.87. The highest BCUT2D eigenvalue weighted by atomic mass is 32.2. The number of ether oxygens (including phenoxy) is 2. The van der Waals surface area contributed by atoms with Gasteiger partial charge in [-0.3, -0.25) is 4.90 Å². The molecule has 1 aromatic rings. The van der Waals surface area contributed by atoms with Gasteiger partial charge in [0.2, 0.25) is 16.8 Å². The van der Waals surface area contributed by atoms with Crippen LogP contribution in [-0.4, -0.2) is 70.8 Å². The second-order valence-electron chi connectivity index (χ2n) is 9.09. The van der Waals surface area contributed by atoms with Crippen LogP contribution in [0.3, 0.4) is 0 Å². The molecule has 178 valence electrons. The Morgan fingerprint density at radius 3 is 2.69 bits per heavy atom. The number of nitrogens with zero attached hydrogens (tertiary/aromatic N) is 2. The summed E-state index contributed by atoms with van der Waals surface area (Å²) in [6, 6.07) is 4.27. The zero-order chi connectivity index (χ0) is 22.5. The molecule has 0 unspecified atom stereocenters. The Hall–Kier alpha value is -1.44. The van der Waals surface area contributed by atoms with Gasteiger partial charge < -0.3 is 9.47 Å². The van der Waals surface area contributed by atoms with Gasteiger partial charge in [-0.1, -0.05) is 0 Å². The first-order valence-corrected chi connectivity index (χ1v) is 14.3. The van der Waals surface area contributed by atoms with Crippen molar-refractivity contribution in [3.8, 4) is 11.5 Å². The molecule has 10 nitrogen and oxygen atoms in total. The molecule has 0 saturated carbocycles. The Morgan fingerprint density at radius 2 is 1.91 bits per heavy atom. The number of fused-ring (bicyclic) bond motifs is 5. The number of sulfonamides is 1. The summed E-state index contributed by atoms with van der Waals surface area (Å²) in [6.45, 7) is 2.63. The number of nitrogens with two attached hydrogens (primary N) is 1. The van der Waals surface area contributed by atoms with Crippen molar-refractivity contribution in [2.24, 2.45) is 11.1 Å². The summed E-state index contributed by atoms with van der Waals surface area (Å²) < 4.78 is 63.4. The van der Waals surface area contributed by atoms with Crippen molar-refractivity contribution >= 4 is 20.2 Å². The average Bonchev–Trinajstić information content (AvgIpc) is 3.20.